The number of amides is 1. The van der Waals surface area contributed by atoms with E-state index < -0.39 is 18.2 Å². The van der Waals surface area contributed by atoms with Crippen LogP contribution >= 0.6 is 0 Å². The Morgan fingerprint density at radius 2 is 0.791 bits per heavy atom. The average Bonchev–Trinajstić information content (AvgIpc) is 3.32. The fourth-order valence-corrected chi connectivity index (χ4v) is 8.82. The molecule has 390 valence electrons. The minimum Gasteiger partial charge on any atom is -0.462 e. The Labute approximate surface area is 416 Å². The van der Waals surface area contributed by atoms with Crippen LogP contribution in [0, 0.1) is 0 Å². The molecule has 0 aromatic heterocycles. The molecule has 0 heterocycles. The van der Waals surface area contributed by atoms with Crippen molar-refractivity contribution in [3.05, 3.63) is 60.8 Å². The minimum atomic E-state index is -0.800. The molecule has 0 saturated heterocycles. The maximum atomic E-state index is 13.3. The molecule has 3 N–H and O–H groups in total. The number of carbonyl (C=O) groups is 2. The second-order valence-electron chi connectivity index (χ2n) is 19.8. The second-order valence-corrected chi connectivity index (χ2v) is 19.8. The summed E-state index contributed by atoms with van der Waals surface area (Å²) in [6, 6.07) is -0.716. The van der Waals surface area contributed by atoms with Crippen molar-refractivity contribution >= 4 is 11.9 Å². The van der Waals surface area contributed by atoms with Crippen LogP contribution in [0.5, 0.6) is 0 Å². The van der Waals surface area contributed by atoms with Crippen molar-refractivity contribution < 1.29 is 24.5 Å². The maximum absolute atomic E-state index is 13.3. The van der Waals surface area contributed by atoms with Crippen LogP contribution in [-0.4, -0.2) is 46.9 Å². The van der Waals surface area contributed by atoms with Gasteiger partial charge in [-0.2, -0.15) is 0 Å². The van der Waals surface area contributed by atoms with Gasteiger partial charge in [-0.05, 0) is 44.9 Å². The molecule has 3 unspecified atom stereocenters. The number of aliphatic hydroxyl groups is 2. The Hall–Kier alpha value is -2.44. The number of unbranched alkanes of at least 4 members (excludes halogenated alkanes) is 34. The number of aliphatic hydroxyl groups excluding tert-OH is 2. The van der Waals surface area contributed by atoms with Crippen molar-refractivity contribution in [2.45, 2.75) is 309 Å². The number of hydrogen-bond donors (Lipinski definition) is 3. The van der Waals surface area contributed by atoms with E-state index in [1.54, 1.807) is 0 Å². The van der Waals surface area contributed by atoms with Crippen molar-refractivity contribution in [1.29, 1.82) is 0 Å². The summed E-state index contributed by atoms with van der Waals surface area (Å²) in [6.07, 6.45) is 68.6. The number of carbonyl (C=O) groups excluding carboxylic acids is 2. The zero-order valence-electron chi connectivity index (χ0n) is 44.5. The summed E-state index contributed by atoms with van der Waals surface area (Å²) in [6.45, 7) is 6.41. The lowest BCUT2D eigenvalue weighted by molar-refractivity contribution is -0.151. The third-order valence-electron chi connectivity index (χ3n) is 13.2. The number of ether oxygens (including phenoxy) is 1. The highest BCUT2D eigenvalue weighted by molar-refractivity contribution is 5.77. The molecule has 0 aliphatic rings. The molecule has 6 nitrogen and oxygen atoms in total. The third-order valence-corrected chi connectivity index (χ3v) is 13.2. The van der Waals surface area contributed by atoms with E-state index in [9.17, 15) is 19.8 Å². The molecule has 0 aliphatic carbocycles. The summed E-state index contributed by atoms with van der Waals surface area (Å²) in [4.78, 5) is 26.3. The third kappa shape index (κ3) is 49.8. The summed E-state index contributed by atoms with van der Waals surface area (Å²) in [7, 11) is 0. The lowest BCUT2D eigenvalue weighted by Crippen LogP contribution is -2.46. The maximum Gasteiger partial charge on any atom is 0.306 e. The Bertz CT molecular complexity index is 1190. The molecule has 67 heavy (non-hydrogen) atoms. The van der Waals surface area contributed by atoms with E-state index in [1.165, 1.54) is 173 Å². The van der Waals surface area contributed by atoms with E-state index in [1.807, 2.05) is 30.4 Å². The van der Waals surface area contributed by atoms with Gasteiger partial charge >= 0.3 is 5.97 Å². The van der Waals surface area contributed by atoms with Gasteiger partial charge in [-0.1, -0.05) is 293 Å². The quantitative estimate of drug-likeness (QED) is 0.0321. The number of rotatable bonds is 52. The first kappa shape index (κ1) is 64.6. The molecule has 0 saturated carbocycles. The molecule has 0 spiro atoms. The SMILES string of the molecule is CCC/C=C/C=C/C=C/C=C/C=C/CCCCCC(CC(=O)NC(CO)C(O)CCCCCCCCCCCCCCC)OC(=O)CCCCCCCCCCCCCCCCCCCCC. The van der Waals surface area contributed by atoms with Crippen molar-refractivity contribution in [3.8, 4) is 0 Å². The largest absolute Gasteiger partial charge is 0.462 e. The lowest BCUT2D eigenvalue weighted by Gasteiger charge is -2.24. The monoisotopic (exact) mass is 938 g/mol. The lowest BCUT2D eigenvalue weighted by atomic mass is 10.0. The van der Waals surface area contributed by atoms with Crippen molar-refractivity contribution in [2.24, 2.45) is 0 Å². The summed E-state index contributed by atoms with van der Waals surface area (Å²) < 4.78 is 5.95. The topological polar surface area (TPSA) is 95.9 Å². The zero-order chi connectivity index (χ0) is 48.8. The highest BCUT2D eigenvalue weighted by atomic mass is 16.5. The Kier molecular flexibility index (Phi) is 52.5. The van der Waals surface area contributed by atoms with Crippen LogP contribution in [0.4, 0.5) is 0 Å². The predicted molar refractivity (Wildman–Crippen MR) is 292 cm³/mol. The summed E-state index contributed by atoms with van der Waals surface area (Å²) in [5.41, 5.74) is 0. The van der Waals surface area contributed by atoms with Gasteiger partial charge < -0.3 is 20.3 Å². The summed E-state index contributed by atoms with van der Waals surface area (Å²) >= 11 is 0. The first-order valence-electron chi connectivity index (χ1n) is 29.1. The number of hydrogen-bond acceptors (Lipinski definition) is 5. The van der Waals surface area contributed by atoms with Crippen molar-refractivity contribution in [2.75, 3.05) is 6.61 Å². The van der Waals surface area contributed by atoms with Gasteiger partial charge in [0.25, 0.3) is 0 Å². The van der Waals surface area contributed by atoms with Crippen LogP contribution in [0.2, 0.25) is 0 Å². The van der Waals surface area contributed by atoms with Crippen LogP contribution in [0.25, 0.3) is 0 Å². The molecule has 6 heteroatoms. The smallest absolute Gasteiger partial charge is 0.306 e. The average molecular weight is 939 g/mol. The van der Waals surface area contributed by atoms with E-state index >= 15 is 0 Å². The van der Waals surface area contributed by atoms with E-state index in [2.05, 4.69) is 56.5 Å². The van der Waals surface area contributed by atoms with Gasteiger partial charge in [0.1, 0.15) is 6.10 Å². The van der Waals surface area contributed by atoms with E-state index in [0.29, 0.717) is 19.3 Å². The summed E-state index contributed by atoms with van der Waals surface area (Å²) in [5, 5.41) is 23.8. The fourth-order valence-electron chi connectivity index (χ4n) is 8.82. The van der Waals surface area contributed by atoms with Crippen LogP contribution in [-0.2, 0) is 14.3 Å². The van der Waals surface area contributed by atoms with Crippen LogP contribution in [0.3, 0.4) is 0 Å². The van der Waals surface area contributed by atoms with Crippen LogP contribution in [0.15, 0.2) is 60.8 Å². The van der Waals surface area contributed by atoms with Gasteiger partial charge in [0.2, 0.25) is 5.91 Å². The van der Waals surface area contributed by atoms with Crippen LogP contribution in [0.1, 0.15) is 290 Å². The van der Waals surface area contributed by atoms with Crippen LogP contribution < -0.4 is 5.32 Å². The molecule has 0 rings (SSSR count). The minimum absolute atomic E-state index is 0.0509. The predicted octanol–water partition coefficient (Wildman–Crippen LogP) is 18.0. The molecule has 1 amide bonds. The van der Waals surface area contributed by atoms with Crippen molar-refractivity contribution in [1.82, 2.24) is 5.32 Å². The van der Waals surface area contributed by atoms with E-state index in [4.69, 9.17) is 4.74 Å². The van der Waals surface area contributed by atoms with Gasteiger partial charge in [0.15, 0.2) is 0 Å². The number of nitrogens with one attached hydrogen (secondary N) is 1. The van der Waals surface area contributed by atoms with Gasteiger partial charge in [0.05, 0.1) is 25.2 Å². The Morgan fingerprint density at radius 1 is 0.433 bits per heavy atom. The standard InChI is InChI=1S/C61H111NO5/c1-4-7-10-13-16-19-22-25-27-29-30-31-33-36-39-42-45-48-51-54-61(66)67-57(52-49-46-43-40-37-35-32-28-26-23-20-17-14-11-8-5-2)55-60(65)62-58(56-63)59(64)53-50-47-44-41-38-34-24-21-18-15-12-9-6-3/h11,14,17,20,23,26,28,32,35,37,57-59,63-64H,4-10,12-13,15-16,18-19,21-22,24-25,27,29-31,33-34,36,38-56H2,1-3H3,(H,62,65)/b14-11+,20-17+,26-23+,32-28+,37-35+. The molecule has 0 aromatic carbocycles. The molecular formula is C61H111NO5. The first-order valence-corrected chi connectivity index (χ1v) is 29.1. The van der Waals surface area contributed by atoms with E-state index in [-0.39, 0.29) is 24.9 Å². The zero-order valence-corrected chi connectivity index (χ0v) is 44.5. The number of esters is 1. The molecule has 3 atom stereocenters. The normalized spacial score (nSPS) is 13.6. The Balaban J connectivity index is 4.60. The molecule has 0 radical (unpaired) electrons. The van der Waals surface area contributed by atoms with Gasteiger partial charge in [-0.25, -0.2) is 0 Å². The van der Waals surface area contributed by atoms with Gasteiger partial charge in [0, 0.05) is 6.42 Å². The van der Waals surface area contributed by atoms with Gasteiger partial charge in [-0.3, -0.25) is 9.59 Å². The fraction of sp³-hybridized carbons (Fsp3) is 0.803. The molecular weight excluding hydrogens is 827 g/mol. The van der Waals surface area contributed by atoms with Gasteiger partial charge in [-0.15, -0.1) is 0 Å². The summed E-state index contributed by atoms with van der Waals surface area (Å²) in [5.74, 6) is -0.505. The molecule has 0 aromatic rings. The number of allylic oxidation sites excluding steroid dienone is 10. The highest BCUT2D eigenvalue weighted by Crippen LogP contribution is 2.18. The van der Waals surface area contributed by atoms with Crippen molar-refractivity contribution in [3.63, 3.8) is 0 Å². The second kappa shape index (κ2) is 54.5. The highest BCUT2D eigenvalue weighted by Gasteiger charge is 2.24. The molecule has 0 aliphatic heterocycles. The Morgan fingerprint density at radius 3 is 1.21 bits per heavy atom. The first-order chi connectivity index (χ1) is 33.0. The molecule has 0 fully saturated rings. The molecule has 0 bridgehead atoms. The van der Waals surface area contributed by atoms with E-state index in [0.717, 1.165) is 70.6 Å².